The minimum Gasteiger partial charge on any atom is -0.338 e. The van der Waals surface area contributed by atoms with Crippen molar-refractivity contribution in [2.24, 2.45) is 5.92 Å². The van der Waals surface area contributed by atoms with Crippen molar-refractivity contribution in [2.45, 2.75) is 64.3 Å². The number of hydrogen-bond acceptors (Lipinski definition) is 1. The van der Waals surface area contributed by atoms with E-state index in [-0.39, 0.29) is 6.03 Å². The summed E-state index contributed by atoms with van der Waals surface area (Å²) in [6.45, 7) is 3.96. The molecule has 0 bridgehead atoms. The molecule has 0 aromatic carbocycles. The smallest absolute Gasteiger partial charge is 0.317 e. The molecule has 0 aromatic rings. The fourth-order valence-electron chi connectivity index (χ4n) is 2.80. The summed E-state index contributed by atoms with van der Waals surface area (Å²) in [5.74, 6) is 0.732. The van der Waals surface area contributed by atoms with Crippen LogP contribution in [0.5, 0.6) is 0 Å². The van der Waals surface area contributed by atoms with E-state index in [0.29, 0.717) is 6.04 Å². The molecule has 0 radical (unpaired) electrons. The summed E-state index contributed by atoms with van der Waals surface area (Å²) in [4.78, 5) is 14.1. The van der Waals surface area contributed by atoms with E-state index < -0.39 is 0 Å². The van der Waals surface area contributed by atoms with Crippen molar-refractivity contribution in [1.82, 2.24) is 10.2 Å². The van der Waals surface area contributed by atoms with E-state index in [9.17, 15) is 4.79 Å². The van der Waals surface area contributed by atoms with E-state index in [1.54, 1.807) is 0 Å². The fraction of sp³-hybridized carbons (Fsp3) is 0.929. The van der Waals surface area contributed by atoms with Crippen LogP contribution in [0.3, 0.4) is 0 Å². The van der Waals surface area contributed by atoms with Gasteiger partial charge in [-0.05, 0) is 38.0 Å². The summed E-state index contributed by atoms with van der Waals surface area (Å²) in [5.41, 5.74) is 0. The number of amides is 2. The van der Waals surface area contributed by atoms with E-state index in [2.05, 4.69) is 12.2 Å². The van der Waals surface area contributed by atoms with Crippen LogP contribution in [0.4, 0.5) is 4.79 Å². The van der Waals surface area contributed by atoms with E-state index in [4.69, 9.17) is 0 Å². The first-order valence-electron chi connectivity index (χ1n) is 7.35. The van der Waals surface area contributed by atoms with Crippen molar-refractivity contribution in [1.29, 1.82) is 0 Å². The Hall–Kier alpha value is -0.730. The Morgan fingerprint density at radius 2 is 1.88 bits per heavy atom. The normalized spacial score (nSPS) is 21.2. The second kappa shape index (κ2) is 6.27. The van der Waals surface area contributed by atoms with Crippen LogP contribution in [0, 0.1) is 5.92 Å². The Morgan fingerprint density at radius 1 is 1.18 bits per heavy atom. The highest BCUT2D eigenvalue weighted by Crippen LogP contribution is 2.27. The van der Waals surface area contributed by atoms with Crippen molar-refractivity contribution in [3.63, 3.8) is 0 Å². The van der Waals surface area contributed by atoms with Gasteiger partial charge in [0.05, 0.1) is 0 Å². The van der Waals surface area contributed by atoms with Gasteiger partial charge in [-0.25, -0.2) is 4.79 Å². The number of nitrogens with one attached hydrogen (secondary N) is 1. The van der Waals surface area contributed by atoms with Crippen LogP contribution in [-0.2, 0) is 0 Å². The lowest BCUT2D eigenvalue weighted by atomic mass is 9.89. The molecule has 0 heterocycles. The number of urea groups is 1. The summed E-state index contributed by atoms with van der Waals surface area (Å²) in [6, 6.07) is 0.723. The Bertz CT molecular complexity index is 245. The highest BCUT2D eigenvalue weighted by atomic mass is 16.2. The van der Waals surface area contributed by atoms with Gasteiger partial charge in [-0.3, -0.25) is 0 Å². The van der Waals surface area contributed by atoms with Crippen LogP contribution in [0.2, 0.25) is 0 Å². The van der Waals surface area contributed by atoms with E-state index in [1.165, 1.54) is 44.9 Å². The Morgan fingerprint density at radius 3 is 2.47 bits per heavy atom. The molecular weight excluding hydrogens is 212 g/mol. The number of hydrogen-bond donors (Lipinski definition) is 1. The first kappa shape index (κ1) is 12.7. The maximum atomic E-state index is 12.1. The Kier molecular flexibility index (Phi) is 4.69. The minimum atomic E-state index is 0.180. The average Bonchev–Trinajstić information content (AvgIpc) is 3.18. The first-order valence-corrected chi connectivity index (χ1v) is 7.35. The molecule has 2 rings (SSSR count). The lowest BCUT2D eigenvalue weighted by Crippen LogP contribution is -2.43. The third kappa shape index (κ3) is 3.90. The van der Waals surface area contributed by atoms with Gasteiger partial charge in [-0.1, -0.05) is 26.2 Å². The summed E-state index contributed by atoms with van der Waals surface area (Å²) < 4.78 is 0. The zero-order valence-corrected chi connectivity index (χ0v) is 11.1. The molecule has 0 aliphatic heterocycles. The second-order valence-electron chi connectivity index (χ2n) is 5.61. The predicted octanol–water partition coefficient (Wildman–Crippen LogP) is 3.15. The maximum absolute atomic E-state index is 12.1. The molecule has 2 saturated carbocycles. The molecule has 0 saturated heterocycles. The number of carbonyl (C=O) groups is 1. The van der Waals surface area contributed by atoms with Crippen LogP contribution in [0.1, 0.15) is 58.3 Å². The number of nitrogens with zero attached hydrogens (tertiary/aromatic N) is 1. The largest absolute Gasteiger partial charge is 0.338 e. The Balaban J connectivity index is 1.70. The van der Waals surface area contributed by atoms with Gasteiger partial charge in [0, 0.05) is 19.1 Å². The van der Waals surface area contributed by atoms with Crippen molar-refractivity contribution in [3.05, 3.63) is 0 Å². The lowest BCUT2D eigenvalue weighted by molar-refractivity contribution is 0.191. The van der Waals surface area contributed by atoms with Crippen LogP contribution in [0.15, 0.2) is 0 Å². The molecule has 0 aromatic heterocycles. The monoisotopic (exact) mass is 238 g/mol. The zero-order valence-electron chi connectivity index (χ0n) is 11.1. The molecule has 2 fully saturated rings. The van der Waals surface area contributed by atoms with E-state index in [0.717, 1.165) is 25.4 Å². The van der Waals surface area contributed by atoms with Crippen LogP contribution >= 0.6 is 0 Å². The molecule has 98 valence electrons. The zero-order chi connectivity index (χ0) is 12.1. The highest BCUT2D eigenvalue weighted by Gasteiger charge is 2.31. The van der Waals surface area contributed by atoms with Crippen molar-refractivity contribution in [3.8, 4) is 0 Å². The van der Waals surface area contributed by atoms with E-state index >= 15 is 0 Å². The minimum absolute atomic E-state index is 0.180. The summed E-state index contributed by atoms with van der Waals surface area (Å²) >= 11 is 0. The van der Waals surface area contributed by atoms with Crippen LogP contribution < -0.4 is 5.32 Å². The summed E-state index contributed by atoms with van der Waals surface area (Å²) in [6.07, 6.45) is 10.2. The average molecular weight is 238 g/mol. The molecule has 2 aliphatic rings. The maximum Gasteiger partial charge on any atom is 0.317 e. The van der Waals surface area contributed by atoms with Crippen LogP contribution in [0.25, 0.3) is 0 Å². The molecule has 0 unspecified atom stereocenters. The second-order valence-corrected chi connectivity index (χ2v) is 5.61. The summed E-state index contributed by atoms with van der Waals surface area (Å²) in [7, 11) is 0. The highest BCUT2D eigenvalue weighted by molar-refractivity contribution is 5.74. The van der Waals surface area contributed by atoms with Gasteiger partial charge < -0.3 is 10.2 Å². The molecule has 1 N–H and O–H groups in total. The molecule has 17 heavy (non-hydrogen) atoms. The summed E-state index contributed by atoms with van der Waals surface area (Å²) in [5, 5.41) is 3.15. The van der Waals surface area contributed by atoms with Gasteiger partial charge in [0.2, 0.25) is 0 Å². The van der Waals surface area contributed by atoms with Crippen molar-refractivity contribution >= 4 is 6.03 Å². The molecule has 0 spiro atoms. The topological polar surface area (TPSA) is 32.3 Å². The Labute approximate surface area is 105 Å². The molecule has 2 amide bonds. The number of rotatable bonds is 5. The van der Waals surface area contributed by atoms with Crippen molar-refractivity contribution < 1.29 is 4.79 Å². The lowest BCUT2D eigenvalue weighted by Gasteiger charge is -2.26. The third-order valence-electron chi connectivity index (χ3n) is 3.98. The predicted molar refractivity (Wildman–Crippen MR) is 70.0 cm³/mol. The van der Waals surface area contributed by atoms with Crippen LogP contribution in [-0.4, -0.2) is 30.1 Å². The standard InChI is InChI=1S/C14H26N2O/c1-2-10-16(13-8-9-13)14(17)15-11-12-6-4-3-5-7-12/h12-13H,2-11H2,1H3,(H,15,17). The van der Waals surface area contributed by atoms with Gasteiger partial charge in [0.25, 0.3) is 0 Å². The van der Waals surface area contributed by atoms with Gasteiger partial charge in [-0.2, -0.15) is 0 Å². The van der Waals surface area contributed by atoms with Gasteiger partial charge in [0.15, 0.2) is 0 Å². The molecule has 3 heteroatoms. The molecule has 2 aliphatic carbocycles. The molecule has 3 nitrogen and oxygen atoms in total. The third-order valence-corrected chi connectivity index (χ3v) is 3.98. The SMILES string of the molecule is CCCN(C(=O)NCC1CCCCC1)C1CC1. The van der Waals surface area contributed by atoms with Gasteiger partial charge in [-0.15, -0.1) is 0 Å². The molecule has 0 atom stereocenters. The quantitative estimate of drug-likeness (QED) is 0.784. The molecular formula is C14H26N2O. The van der Waals surface area contributed by atoms with E-state index in [1.807, 2.05) is 4.90 Å². The van der Waals surface area contributed by atoms with Gasteiger partial charge in [0.1, 0.15) is 0 Å². The van der Waals surface area contributed by atoms with Gasteiger partial charge >= 0.3 is 6.03 Å². The number of carbonyl (C=O) groups excluding carboxylic acids is 1. The fourth-order valence-corrected chi connectivity index (χ4v) is 2.80. The first-order chi connectivity index (χ1) is 8.31. The van der Waals surface area contributed by atoms with Crippen molar-refractivity contribution in [2.75, 3.05) is 13.1 Å².